The second-order valence-corrected chi connectivity index (χ2v) is 3.03. The Labute approximate surface area is 91.1 Å². The highest BCUT2D eigenvalue weighted by Gasteiger charge is 2.32. The van der Waals surface area contributed by atoms with Crippen molar-refractivity contribution < 1.29 is 18.3 Å². The Morgan fingerprint density at radius 1 is 1.31 bits per heavy atom. The van der Waals surface area contributed by atoms with Crippen molar-refractivity contribution in [1.29, 1.82) is 0 Å². The average Bonchev–Trinajstić information content (AvgIpc) is 2.24. The number of aromatic nitrogens is 1. The number of aliphatic hydroxyl groups excluding tert-OH is 1. The van der Waals surface area contributed by atoms with E-state index in [1.54, 1.807) is 0 Å². The van der Waals surface area contributed by atoms with Crippen molar-refractivity contribution >= 4 is 0 Å². The first-order valence-electron chi connectivity index (χ1n) is 4.68. The predicted octanol–water partition coefficient (Wildman–Crippen LogP) is 2.22. The summed E-state index contributed by atoms with van der Waals surface area (Å²) in [7, 11) is 0. The summed E-state index contributed by atoms with van der Waals surface area (Å²) < 4.78 is 36.8. The molecule has 0 saturated heterocycles. The van der Waals surface area contributed by atoms with E-state index in [0.29, 0.717) is 12.8 Å². The summed E-state index contributed by atoms with van der Waals surface area (Å²) in [5, 5.41) is 8.48. The molecule has 1 heterocycles. The summed E-state index contributed by atoms with van der Waals surface area (Å²) in [5.74, 6) is 5.16. The average molecular weight is 229 g/mol. The van der Waals surface area contributed by atoms with E-state index in [9.17, 15) is 13.2 Å². The van der Waals surface area contributed by atoms with Crippen LogP contribution in [0.25, 0.3) is 0 Å². The van der Waals surface area contributed by atoms with Gasteiger partial charge in [0.2, 0.25) is 0 Å². The van der Waals surface area contributed by atoms with Crippen LogP contribution < -0.4 is 0 Å². The van der Waals surface area contributed by atoms with Crippen molar-refractivity contribution in [1.82, 2.24) is 4.98 Å². The molecule has 0 unspecified atom stereocenters. The minimum absolute atomic E-state index is 0.0186. The predicted molar refractivity (Wildman–Crippen MR) is 52.4 cm³/mol. The van der Waals surface area contributed by atoms with Crippen LogP contribution in [-0.2, 0) is 6.18 Å². The molecule has 0 atom stereocenters. The summed E-state index contributed by atoms with van der Waals surface area (Å²) in [4.78, 5) is 3.38. The van der Waals surface area contributed by atoms with E-state index in [-0.39, 0.29) is 12.3 Å². The second kappa shape index (κ2) is 5.52. The number of nitrogens with zero attached hydrogens (tertiary/aromatic N) is 1. The number of hydrogen-bond donors (Lipinski definition) is 1. The van der Waals surface area contributed by atoms with Crippen LogP contribution in [-0.4, -0.2) is 16.7 Å². The maximum Gasteiger partial charge on any atom is 0.433 e. The Kier molecular flexibility index (Phi) is 4.32. The molecule has 0 amide bonds. The highest BCUT2D eigenvalue weighted by molar-refractivity contribution is 5.29. The van der Waals surface area contributed by atoms with Crippen LogP contribution in [0.3, 0.4) is 0 Å². The van der Waals surface area contributed by atoms with Crippen LogP contribution in [0.2, 0.25) is 0 Å². The SMILES string of the molecule is OCCCC#Cc1cccc(C(F)(F)F)n1. The van der Waals surface area contributed by atoms with Gasteiger partial charge in [0.05, 0.1) is 0 Å². The highest BCUT2D eigenvalue weighted by Crippen LogP contribution is 2.27. The lowest BCUT2D eigenvalue weighted by Gasteiger charge is -2.04. The first-order valence-corrected chi connectivity index (χ1v) is 4.68. The third-order valence-corrected chi connectivity index (χ3v) is 1.72. The minimum Gasteiger partial charge on any atom is -0.396 e. The minimum atomic E-state index is -4.44. The molecular weight excluding hydrogens is 219 g/mol. The van der Waals surface area contributed by atoms with E-state index < -0.39 is 11.9 Å². The summed E-state index contributed by atoms with van der Waals surface area (Å²) >= 11 is 0. The molecule has 0 saturated carbocycles. The van der Waals surface area contributed by atoms with Crippen molar-refractivity contribution in [2.45, 2.75) is 19.0 Å². The number of aliphatic hydroxyl groups is 1. The van der Waals surface area contributed by atoms with Crippen molar-refractivity contribution in [3.63, 3.8) is 0 Å². The topological polar surface area (TPSA) is 33.1 Å². The summed E-state index contributed by atoms with van der Waals surface area (Å²) in [6, 6.07) is 3.59. The van der Waals surface area contributed by atoms with Gasteiger partial charge in [-0.15, -0.1) is 0 Å². The lowest BCUT2D eigenvalue weighted by Crippen LogP contribution is -2.08. The third-order valence-electron chi connectivity index (χ3n) is 1.72. The monoisotopic (exact) mass is 229 g/mol. The second-order valence-electron chi connectivity index (χ2n) is 3.03. The standard InChI is InChI=1S/C11H10F3NO/c12-11(13,14)10-7-4-6-9(15-10)5-2-1-3-8-16/h4,6-7,16H,1,3,8H2. The molecule has 0 fully saturated rings. The maximum atomic E-state index is 12.3. The largest absolute Gasteiger partial charge is 0.433 e. The fourth-order valence-electron chi connectivity index (χ4n) is 0.983. The van der Waals surface area contributed by atoms with E-state index in [4.69, 9.17) is 5.11 Å². The Balaban J connectivity index is 2.78. The van der Waals surface area contributed by atoms with Gasteiger partial charge in [0, 0.05) is 13.0 Å². The normalized spacial score (nSPS) is 10.8. The van der Waals surface area contributed by atoms with Gasteiger partial charge < -0.3 is 5.11 Å². The van der Waals surface area contributed by atoms with Crippen LogP contribution in [0.1, 0.15) is 24.2 Å². The summed E-state index contributed by atoms with van der Waals surface area (Å²) in [6.45, 7) is 0.0186. The Morgan fingerprint density at radius 3 is 2.69 bits per heavy atom. The molecule has 5 heteroatoms. The number of rotatable bonds is 2. The Morgan fingerprint density at radius 2 is 2.06 bits per heavy atom. The number of alkyl halides is 3. The first-order chi connectivity index (χ1) is 7.54. The molecule has 0 aliphatic heterocycles. The molecule has 1 aromatic rings. The summed E-state index contributed by atoms with van der Waals surface area (Å²) in [5.41, 5.74) is -0.853. The molecule has 86 valence electrons. The molecular formula is C11H10F3NO. The fourth-order valence-corrected chi connectivity index (χ4v) is 0.983. The van der Waals surface area contributed by atoms with Crippen LogP contribution in [0, 0.1) is 11.8 Å². The molecule has 0 radical (unpaired) electrons. The molecule has 1 rings (SSSR count). The molecule has 0 aliphatic carbocycles. The molecule has 16 heavy (non-hydrogen) atoms. The zero-order valence-electron chi connectivity index (χ0n) is 8.38. The van der Waals surface area contributed by atoms with Gasteiger partial charge in [-0.2, -0.15) is 13.2 Å². The van der Waals surface area contributed by atoms with E-state index >= 15 is 0 Å². The van der Waals surface area contributed by atoms with Gasteiger partial charge >= 0.3 is 6.18 Å². The van der Waals surface area contributed by atoms with Crippen molar-refractivity contribution in [2.75, 3.05) is 6.61 Å². The van der Waals surface area contributed by atoms with Crippen LogP contribution in [0.4, 0.5) is 13.2 Å². The fraction of sp³-hybridized carbons (Fsp3) is 0.364. The zero-order valence-corrected chi connectivity index (χ0v) is 8.38. The highest BCUT2D eigenvalue weighted by atomic mass is 19.4. The Hall–Kier alpha value is -1.54. The lowest BCUT2D eigenvalue weighted by molar-refractivity contribution is -0.141. The first kappa shape index (κ1) is 12.5. The number of unbranched alkanes of at least 4 members (excludes halogenated alkanes) is 1. The van der Waals surface area contributed by atoms with E-state index in [0.717, 1.165) is 6.07 Å². The lowest BCUT2D eigenvalue weighted by atomic mass is 10.2. The van der Waals surface area contributed by atoms with Gasteiger partial charge in [0.1, 0.15) is 11.4 Å². The van der Waals surface area contributed by atoms with Crippen LogP contribution in [0.5, 0.6) is 0 Å². The molecule has 2 nitrogen and oxygen atoms in total. The molecule has 0 aromatic carbocycles. The number of halogens is 3. The van der Waals surface area contributed by atoms with Gasteiger partial charge in [-0.3, -0.25) is 0 Å². The smallest absolute Gasteiger partial charge is 0.396 e. The molecule has 0 bridgehead atoms. The van der Waals surface area contributed by atoms with Crippen LogP contribution in [0.15, 0.2) is 18.2 Å². The van der Waals surface area contributed by atoms with Crippen molar-refractivity contribution in [2.24, 2.45) is 0 Å². The zero-order chi connectivity index (χ0) is 12.0. The van der Waals surface area contributed by atoms with E-state index in [1.165, 1.54) is 12.1 Å². The van der Waals surface area contributed by atoms with E-state index in [2.05, 4.69) is 16.8 Å². The molecule has 1 aromatic heterocycles. The van der Waals surface area contributed by atoms with Gasteiger partial charge in [0.25, 0.3) is 0 Å². The quantitative estimate of drug-likeness (QED) is 0.623. The molecule has 0 spiro atoms. The number of pyridine rings is 1. The molecule has 1 N–H and O–H groups in total. The van der Waals surface area contributed by atoms with Gasteiger partial charge in [-0.05, 0) is 24.5 Å². The van der Waals surface area contributed by atoms with Crippen LogP contribution >= 0.6 is 0 Å². The van der Waals surface area contributed by atoms with Crippen molar-refractivity contribution in [3.05, 3.63) is 29.6 Å². The van der Waals surface area contributed by atoms with Gasteiger partial charge in [0.15, 0.2) is 0 Å². The maximum absolute atomic E-state index is 12.3. The third kappa shape index (κ3) is 3.91. The molecule has 0 aliphatic rings. The van der Waals surface area contributed by atoms with Gasteiger partial charge in [-0.25, -0.2) is 4.98 Å². The van der Waals surface area contributed by atoms with Crippen molar-refractivity contribution in [3.8, 4) is 11.8 Å². The Bertz CT molecular complexity index is 404. The number of hydrogen-bond acceptors (Lipinski definition) is 2. The van der Waals surface area contributed by atoms with Gasteiger partial charge in [-0.1, -0.05) is 12.0 Å². The van der Waals surface area contributed by atoms with E-state index in [1.807, 2.05) is 0 Å². The summed E-state index contributed by atoms with van der Waals surface area (Å²) in [6.07, 6.45) is -3.50.